The van der Waals surface area contributed by atoms with Gasteiger partial charge in [-0.3, -0.25) is 4.79 Å². The molecule has 2 aromatic carbocycles. The number of likely N-dealkylation sites (tertiary alicyclic amines) is 1. The van der Waals surface area contributed by atoms with Crippen molar-refractivity contribution in [2.75, 3.05) is 38.2 Å². The normalized spacial score (nSPS) is 20.8. The Bertz CT molecular complexity index is 895. The van der Waals surface area contributed by atoms with Gasteiger partial charge in [-0.25, -0.2) is 0 Å². The van der Waals surface area contributed by atoms with Crippen LogP contribution in [0.25, 0.3) is 0 Å². The summed E-state index contributed by atoms with van der Waals surface area (Å²) >= 11 is 6.07. The van der Waals surface area contributed by atoms with Crippen LogP contribution in [0.5, 0.6) is 5.75 Å². The molecular weight excluding hydrogens is 436 g/mol. The molecule has 0 aromatic heterocycles. The lowest BCUT2D eigenvalue weighted by atomic mass is 9.73. The monoisotopic (exact) mass is 470 g/mol. The van der Waals surface area contributed by atoms with Crippen molar-refractivity contribution in [2.24, 2.45) is 0 Å². The van der Waals surface area contributed by atoms with Crippen molar-refractivity contribution in [3.63, 3.8) is 0 Å². The van der Waals surface area contributed by atoms with E-state index in [1.807, 2.05) is 48.5 Å². The molecular formula is C27H35ClN2O3. The van der Waals surface area contributed by atoms with Crippen LogP contribution in [0.15, 0.2) is 48.5 Å². The Kier molecular flexibility index (Phi) is 8.29. The molecule has 2 aromatic rings. The van der Waals surface area contributed by atoms with Crippen molar-refractivity contribution in [1.29, 1.82) is 0 Å². The lowest BCUT2D eigenvalue weighted by molar-refractivity contribution is -0.125. The standard InChI is InChI=1S/C27H35ClN2O3/c1-21-5-2-3-16-30(21)17-4-18-33-25-12-10-24(11-13-25)29-26(31)27(14-19-32-20-15-27)22-6-8-23(28)9-7-22/h6-13,21H,2-5,14-20H2,1H3,(H,29,31). The van der Waals surface area contributed by atoms with Crippen LogP contribution in [0.3, 0.4) is 0 Å². The van der Waals surface area contributed by atoms with Gasteiger partial charge >= 0.3 is 0 Å². The van der Waals surface area contributed by atoms with Gasteiger partial charge in [-0.2, -0.15) is 0 Å². The summed E-state index contributed by atoms with van der Waals surface area (Å²) in [7, 11) is 0. The fourth-order valence-corrected chi connectivity index (χ4v) is 5.09. The van der Waals surface area contributed by atoms with Crippen molar-refractivity contribution in [3.05, 3.63) is 59.1 Å². The first-order chi connectivity index (χ1) is 16.1. The minimum Gasteiger partial charge on any atom is -0.494 e. The van der Waals surface area contributed by atoms with Gasteiger partial charge in [-0.1, -0.05) is 30.2 Å². The zero-order valence-corrected chi connectivity index (χ0v) is 20.3. The van der Waals surface area contributed by atoms with Gasteiger partial charge in [-0.05, 0) is 87.5 Å². The summed E-state index contributed by atoms with van der Waals surface area (Å²) in [5, 5.41) is 3.79. The number of nitrogens with one attached hydrogen (secondary N) is 1. The molecule has 2 aliphatic heterocycles. The van der Waals surface area contributed by atoms with E-state index in [2.05, 4.69) is 17.1 Å². The van der Waals surface area contributed by atoms with Gasteiger partial charge in [0, 0.05) is 36.5 Å². The van der Waals surface area contributed by atoms with Gasteiger partial charge in [0.1, 0.15) is 5.75 Å². The maximum Gasteiger partial charge on any atom is 0.235 e. The van der Waals surface area contributed by atoms with Crippen LogP contribution in [0, 0.1) is 0 Å². The van der Waals surface area contributed by atoms with E-state index in [1.165, 1.54) is 25.8 Å². The van der Waals surface area contributed by atoms with E-state index in [1.54, 1.807) is 0 Å². The first kappa shape index (κ1) is 24.1. The molecule has 2 fully saturated rings. The summed E-state index contributed by atoms with van der Waals surface area (Å²) in [6.45, 7) is 6.46. The summed E-state index contributed by atoms with van der Waals surface area (Å²) in [4.78, 5) is 16.0. The highest BCUT2D eigenvalue weighted by molar-refractivity contribution is 6.30. The summed E-state index contributed by atoms with van der Waals surface area (Å²) < 4.78 is 11.5. The lowest BCUT2D eigenvalue weighted by Gasteiger charge is -2.36. The van der Waals surface area contributed by atoms with E-state index in [9.17, 15) is 4.79 Å². The molecule has 1 N–H and O–H groups in total. The van der Waals surface area contributed by atoms with Gasteiger partial charge in [0.05, 0.1) is 12.0 Å². The fraction of sp³-hybridized carbons (Fsp3) is 0.519. The number of carbonyl (C=O) groups is 1. The molecule has 0 bridgehead atoms. The molecule has 1 unspecified atom stereocenters. The topological polar surface area (TPSA) is 50.8 Å². The summed E-state index contributed by atoms with van der Waals surface area (Å²) in [6, 6.07) is 16.0. The number of amides is 1. The zero-order valence-electron chi connectivity index (χ0n) is 19.5. The maximum atomic E-state index is 13.4. The first-order valence-electron chi connectivity index (χ1n) is 12.2. The third-order valence-corrected chi connectivity index (χ3v) is 7.34. The van der Waals surface area contributed by atoms with Crippen LogP contribution in [0.4, 0.5) is 5.69 Å². The van der Waals surface area contributed by atoms with E-state index in [0.717, 1.165) is 30.0 Å². The highest BCUT2D eigenvalue weighted by Gasteiger charge is 2.41. The van der Waals surface area contributed by atoms with Gasteiger partial charge in [0.15, 0.2) is 0 Å². The number of hydrogen-bond donors (Lipinski definition) is 1. The van der Waals surface area contributed by atoms with E-state index in [4.69, 9.17) is 21.1 Å². The number of piperidine rings is 1. The number of halogens is 1. The number of anilines is 1. The predicted octanol–water partition coefficient (Wildman–Crippen LogP) is 5.67. The number of nitrogens with zero attached hydrogens (tertiary/aromatic N) is 1. The van der Waals surface area contributed by atoms with Crippen LogP contribution in [-0.4, -0.2) is 49.8 Å². The smallest absolute Gasteiger partial charge is 0.235 e. The minimum atomic E-state index is -0.608. The molecule has 0 spiro atoms. The Labute approximate surface area is 202 Å². The highest BCUT2D eigenvalue weighted by atomic mass is 35.5. The Hall–Kier alpha value is -2.08. The SMILES string of the molecule is CC1CCCCN1CCCOc1ccc(NC(=O)C2(c3ccc(Cl)cc3)CCOCC2)cc1. The van der Waals surface area contributed by atoms with Crippen molar-refractivity contribution in [2.45, 2.75) is 56.9 Å². The second kappa shape index (κ2) is 11.4. The van der Waals surface area contributed by atoms with Crippen LogP contribution in [0.1, 0.15) is 51.0 Å². The van der Waals surface area contributed by atoms with E-state index < -0.39 is 5.41 Å². The van der Waals surface area contributed by atoms with Crippen LogP contribution in [0.2, 0.25) is 5.02 Å². The third-order valence-electron chi connectivity index (χ3n) is 7.09. The molecule has 178 valence electrons. The second-order valence-electron chi connectivity index (χ2n) is 9.26. The molecule has 1 atom stereocenters. The van der Waals surface area contributed by atoms with Gasteiger partial charge < -0.3 is 19.7 Å². The Morgan fingerprint density at radius 1 is 1.12 bits per heavy atom. The molecule has 2 heterocycles. The lowest BCUT2D eigenvalue weighted by Crippen LogP contribution is -2.44. The molecule has 1 amide bonds. The highest BCUT2D eigenvalue weighted by Crippen LogP contribution is 2.37. The summed E-state index contributed by atoms with van der Waals surface area (Å²) in [6.07, 6.45) is 6.29. The molecule has 0 saturated carbocycles. The van der Waals surface area contributed by atoms with Gasteiger partial charge in [0.2, 0.25) is 5.91 Å². The van der Waals surface area contributed by atoms with Crippen LogP contribution >= 0.6 is 11.6 Å². The van der Waals surface area contributed by atoms with Crippen molar-refractivity contribution >= 4 is 23.2 Å². The molecule has 33 heavy (non-hydrogen) atoms. The van der Waals surface area contributed by atoms with Gasteiger partial charge in [0.25, 0.3) is 0 Å². The third kappa shape index (κ3) is 6.08. The van der Waals surface area contributed by atoms with E-state index >= 15 is 0 Å². The van der Waals surface area contributed by atoms with Crippen molar-refractivity contribution in [3.8, 4) is 5.75 Å². The van der Waals surface area contributed by atoms with Crippen LogP contribution in [-0.2, 0) is 14.9 Å². The van der Waals surface area contributed by atoms with E-state index in [-0.39, 0.29) is 5.91 Å². The number of rotatable bonds is 8. The van der Waals surface area contributed by atoms with Crippen molar-refractivity contribution in [1.82, 2.24) is 4.90 Å². The van der Waals surface area contributed by atoms with Gasteiger partial charge in [-0.15, -0.1) is 0 Å². The Morgan fingerprint density at radius 2 is 1.85 bits per heavy atom. The zero-order chi connectivity index (χ0) is 23.1. The average molecular weight is 471 g/mol. The molecule has 0 aliphatic carbocycles. The van der Waals surface area contributed by atoms with E-state index in [0.29, 0.717) is 43.7 Å². The molecule has 5 nitrogen and oxygen atoms in total. The summed E-state index contributed by atoms with van der Waals surface area (Å²) in [5.74, 6) is 0.829. The quantitative estimate of drug-likeness (QED) is 0.505. The second-order valence-corrected chi connectivity index (χ2v) is 9.70. The molecule has 6 heteroatoms. The van der Waals surface area contributed by atoms with Crippen molar-refractivity contribution < 1.29 is 14.3 Å². The Morgan fingerprint density at radius 3 is 2.55 bits per heavy atom. The largest absolute Gasteiger partial charge is 0.494 e. The number of ether oxygens (including phenoxy) is 2. The summed E-state index contributed by atoms with van der Waals surface area (Å²) in [5.41, 5.74) is 1.15. The maximum absolute atomic E-state index is 13.4. The fourth-order valence-electron chi connectivity index (χ4n) is 4.97. The average Bonchev–Trinajstić information content (AvgIpc) is 2.84. The minimum absolute atomic E-state index is 0.00237. The molecule has 2 aliphatic rings. The van der Waals surface area contributed by atoms with Crippen LogP contribution < -0.4 is 10.1 Å². The molecule has 4 rings (SSSR count). The number of benzene rings is 2. The Balaban J connectivity index is 1.31. The molecule has 0 radical (unpaired) electrons. The molecule has 2 saturated heterocycles. The first-order valence-corrected chi connectivity index (χ1v) is 12.6. The predicted molar refractivity (Wildman–Crippen MR) is 133 cm³/mol. The number of hydrogen-bond acceptors (Lipinski definition) is 4. The number of carbonyl (C=O) groups excluding carboxylic acids is 1.